The van der Waals surface area contributed by atoms with Crippen LogP contribution in [0.25, 0.3) is 21.8 Å². The molecule has 16 nitrogen and oxygen atoms in total. The average Bonchev–Trinajstić information content (AvgIpc) is 3.40. The van der Waals surface area contributed by atoms with Crippen molar-refractivity contribution in [3.8, 4) is 23.0 Å². The average molecular weight is 1040 g/mol. The predicted octanol–water partition coefficient (Wildman–Crippen LogP) is 9.19. The molecule has 2 aromatic heterocycles. The van der Waals surface area contributed by atoms with Crippen LogP contribution < -0.4 is 45.5 Å². The first-order chi connectivity index (χ1) is 35.5. The maximum Gasteiger partial charge on any atom is 0.417 e. The number of piperidine rings is 2. The van der Waals surface area contributed by atoms with Gasteiger partial charge in [0.2, 0.25) is 17.8 Å². The first kappa shape index (κ1) is 52.5. The number of methoxy groups -OCH3 is 4. The maximum absolute atomic E-state index is 13.8. The van der Waals surface area contributed by atoms with Gasteiger partial charge in [-0.2, -0.15) is 23.1 Å². The van der Waals surface area contributed by atoms with E-state index in [-0.39, 0.29) is 17.5 Å². The number of ether oxygens (including phenoxy) is 4. The molecule has 5 aromatic carbocycles. The molecule has 0 aliphatic carbocycles. The number of nitrogen functional groups attached to an aromatic ring is 2. The van der Waals surface area contributed by atoms with Crippen LogP contribution in [0.1, 0.15) is 47.9 Å². The highest BCUT2D eigenvalue weighted by atomic mass is 35.5. The van der Waals surface area contributed by atoms with Crippen LogP contribution >= 0.6 is 11.6 Å². The highest BCUT2D eigenvalue weighted by Gasteiger charge is 2.44. The van der Waals surface area contributed by atoms with Gasteiger partial charge in [0, 0.05) is 55.6 Å². The lowest BCUT2D eigenvalue weighted by atomic mass is 9.73. The highest BCUT2D eigenvalue weighted by Crippen LogP contribution is 2.41. The van der Waals surface area contributed by atoms with Crippen molar-refractivity contribution in [2.45, 2.75) is 51.2 Å². The first-order valence-corrected chi connectivity index (χ1v) is 24.2. The number of nitrogens with one attached hydrogen (secondary N) is 1. The van der Waals surface area contributed by atoms with Crippen molar-refractivity contribution < 1.29 is 46.8 Å². The molecule has 1 amide bonds. The Morgan fingerprint density at radius 1 is 0.622 bits per heavy atom. The number of aromatic nitrogens is 4. The summed E-state index contributed by atoms with van der Waals surface area (Å²) >= 11 is 5.77. The Kier molecular flexibility index (Phi) is 15.7. The van der Waals surface area contributed by atoms with Crippen LogP contribution in [0.5, 0.6) is 23.0 Å². The Hall–Kier alpha value is -7.80. The van der Waals surface area contributed by atoms with Crippen molar-refractivity contribution in [2.24, 2.45) is 10.8 Å². The van der Waals surface area contributed by atoms with Gasteiger partial charge in [0.1, 0.15) is 11.6 Å². The molecule has 2 fully saturated rings. The van der Waals surface area contributed by atoms with Crippen molar-refractivity contribution in [3.63, 3.8) is 0 Å². The number of nitrogens with two attached hydrogens (primary N) is 2. The van der Waals surface area contributed by atoms with Gasteiger partial charge in [-0.1, -0.05) is 78.3 Å². The van der Waals surface area contributed by atoms with E-state index in [1.165, 1.54) is 19.2 Å². The summed E-state index contributed by atoms with van der Waals surface area (Å²) in [5.74, 6) is 2.74. The third-order valence-electron chi connectivity index (χ3n) is 13.9. The molecule has 7 aromatic rings. The van der Waals surface area contributed by atoms with Gasteiger partial charge in [-0.3, -0.25) is 9.59 Å². The molecule has 20 heteroatoms. The summed E-state index contributed by atoms with van der Waals surface area (Å²) in [7, 11) is 6.21. The number of rotatable bonds is 14. The van der Waals surface area contributed by atoms with Gasteiger partial charge in [-0.15, -0.1) is 0 Å². The fourth-order valence-corrected chi connectivity index (χ4v) is 9.90. The Morgan fingerprint density at radius 2 is 1.04 bits per heavy atom. The van der Waals surface area contributed by atoms with Crippen LogP contribution in [0.4, 0.5) is 36.7 Å². The number of nitrogens with zero attached hydrogens (tertiary/aromatic N) is 6. The molecule has 388 valence electrons. The van der Waals surface area contributed by atoms with Crippen molar-refractivity contribution in [3.05, 3.63) is 130 Å². The number of anilines is 4. The zero-order valence-corrected chi connectivity index (χ0v) is 42.1. The number of hydrogen-bond donors (Lipinski definition) is 4. The van der Waals surface area contributed by atoms with E-state index in [0.29, 0.717) is 139 Å². The summed E-state index contributed by atoms with van der Waals surface area (Å²) in [6.07, 6.45) is -1.67. The van der Waals surface area contributed by atoms with Gasteiger partial charge < -0.3 is 50.6 Å². The van der Waals surface area contributed by atoms with Crippen molar-refractivity contribution in [1.82, 2.24) is 25.3 Å². The van der Waals surface area contributed by atoms with E-state index in [1.54, 1.807) is 45.6 Å². The molecule has 2 aliphatic heterocycles. The fourth-order valence-electron chi connectivity index (χ4n) is 9.68. The van der Waals surface area contributed by atoms with Crippen molar-refractivity contribution in [1.29, 1.82) is 0 Å². The maximum atomic E-state index is 13.8. The van der Waals surface area contributed by atoms with E-state index in [0.717, 1.165) is 17.2 Å². The lowest BCUT2D eigenvalue weighted by molar-refractivity contribution is -0.150. The number of carbonyl (C=O) groups is 2. The van der Waals surface area contributed by atoms with E-state index in [1.807, 2.05) is 70.5 Å². The minimum Gasteiger partial charge on any atom is -0.493 e. The minimum atomic E-state index is -4.59. The van der Waals surface area contributed by atoms with Gasteiger partial charge in [-0.05, 0) is 79.5 Å². The second kappa shape index (κ2) is 22.1. The Morgan fingerprint density at radius 3 is 1.46 bits per heavy atom. The summed E-state index contributed by atoms with van der Waals surface area (Å²) in [6.45, 7) is 1.96. The van der Waals surface area contributed by atoms with E-state index < -0.39 is 28.5 Å². The highest BCUT2D eigenvalue weighted by molar-refractivity contribution is 6.31. The van der Waals surface area contributed by atoms with E-state index in [9.17, 15) is 27.9 Å². The lowest BCUT2D eigenvalue weighted by Gasteiger charge is -2.41. The molecule has 9 rings (SSSR count). The molecule has 6 N–H and O–H groups in total. The van der Waals surface area contributed by atoms with Gasteiger partial charge in [0.15, 0.2) is 23.0 Å². The smallest absolute Gasteiger partial charge is 0.417 e. The van der Waals surface area contributed by atoms with Crippen LogP contribution in [-0.2, 0) is 35.2 Å². The van der Waals surface area contributed by atoms with Crippen LogP contribution in [0.15, 0.2) is 103 Å². The zero-order chi connectivity index (χ0) is 52.8. The summed E-state index contributed by atoms with van der Waals surface area (Å²) in [6, 6.07) is 30.1. The third kappa shape index (κ3) is 11.4. The topological polar surface area (TPSA) is 213 Å². The first-order valence-electron chi connectivity index (χ1n) is 23.8. The van der Waals surface area contributed by atoms with Crippen LogP contribution in [0, 0.1) is 10.8 Å². The molecule has 0 bridgehead atoms. The van der Waals surface area contributed by atoms with Crippen LogP contribution in [-0.4, -0.2) is 91.5 Å². The summed E-state index contributed by atoms with van der Waals surface area (Å²) in [5.41, 5.74) is 13.6. The number of hydrogen-bond acceptors (Lipinski definition) is 14. The minimum absolute atomic E-state index is 0.0606. The van der Waals surface area contributed by atoms with Crippen molar-refractivity contribution in [2.75, 3.05) is 75.9 Å². The molecule has 4 heterocycles. The standard InChI is InChI=1S/C31H31ClF3N5O3.C23H26N4O4/c1-42-25-15-21-24(16-26(25)43-2)38-29(39-27(21)36)40-12-10-30(11-13-40,17-19-6-4-3-5-7-19)28(41)37-18-20-8-9-23(32)22(14-20)31(33,34)35;1-30-18-12-16-17(13-19(18)31-2)25-22(26-20(16)24)27-10-8-23(9-11-27,21(28)29)14-15-6-4-3-5-7-15/h3-9,14-16H,10-13,17-18H2,1-2H3,(H,37,41)(H2,36,38,39);3-7,12-13H,8-11,14H2,1-2H3,(H,28,29)(H2,24,25,26). The second-order valence-corrected chi connectivity index (χ2v) is 18.8. The normalized spacial score (nSPS) is 15.2. The van der Waals surface area contributed by atoms with Crippen molar-refractivity contribution >= 4 is 68.8 Å². The summed E-state index contributed by atoms with van der Waals surface area (Å²) in [5, 5.41) is 13.8. The molecule has 0 spiro atoms. The molecule has 0 radical (unpaired) electrons. The second-order valence-electron chi connectivity index (χ2n) is 18.4. The van der Waals surface area contributed by atoms with Gasteiger partial charge in [0.25, 0.3) is 0 Å². The fraction of sp³-hybridized carbons (Fsp3) is 0.333. The number of benzene rings is 5. The zero-order valence-electron chi connectivity index (χ0n) is 41.3. The molecule has 0 atom stereocenters. The number of carbonyl (C=O) groups excluding carboxylic acids is 1. The van der Waals surface area contributed by atoms with Crippen LogP contribution in [0.3, 0.4) is 0 Å². The number of aliphatic carboxylic acids is 1. The predicted molar refractivity (Wildman–Crippen MR) is 278 cm³/mol. The number of amides is 1. The third-order valence-corrected chi connectivity index (χ3v) is 14.3. The van der Waals surface area contributed by atoms with E-state index in [4.69, 9.17) is 47.0 Å². The molecular weight excluding hydrogens is 979 g/mol. The number of halogens is 4. The summed E-state index contributed by atoms with van der Waals surface area (Å²) in [4.78, 5) is 48.4. The number of carboxylic acids is 1. The monoisotopic (exact) mass is 1040 g/mol. The Balaban J connectivity index is 0.000000208. The van der Waals surface area contributed by atoms with E-state index >= 15 is 0 Å². The molecule has 2 saturated heterocycles. The Labute approximate surface area is 430 Å². The SMILES string of the molecule is COc1cc2nc(N3CCC(Cc4ccccc4)(C(=O)NCc4ccc(Cl)c(C(F)(F)F)c4)CC3)nc(N)c2cc1OC.COc1cc2nc(N3CCC(Cc4ccccc4)(C(=O)O)CC3)nc(N)c2cc1OC. The lowest BCUT2D eigenvalue weighted by Crippen LogP contribution is -2.50. The van der Waals surface area contributed by atoms with Crippen LogP contribution in [0.2, 0.25) is 5.02 Å². The molecule has 2 aliphatic rings. The molecule has 0 unspecified atom stereocenters. The molecule has 74 heavy (non-hydrogen) atoms. The summed E-state index contributed by atoms with van der Waals surface area (Å²) < 4.78 is 61.6. The number of carboxylic acid groups (broad SMARTS) is 1. The number of fused-ring (bicyclic) bond motifs is 2. The number of alkyl halides is 3. The quantitative estimate of drug-likeness (QED) is 0.0799. The largest absolute Gasteiger partial charge is 0.493 e. The molecule has 0 saturated carbocycles. The molecular formula is C54H57ClF3N9O7. The van der Waals surface area contributed by atoms with Gasteiger partial charge >= 0.3 is 12.1 Å². The Bertz CT molecular complexity index is 3140. The van der Waals surface area contributed by atoms with Gasteiger partial charge in [0.05, 0.1) is 60.9 Å². The van der Waals surface area contributed by atoms with E-state index in [2.05, 4.69) is 20.3 Å². The van der Waals surface area contributed by atoms with Gasteiger partial charge in [-0.25, -0.2) is 9.97 Å².